The molecule has 0 bridgehead atoms. The number of hydrogen-bond donors (Lipinski definition) is 1. The minimum Gasteiger partial charge on any atom is -0.476 e. The van der Waals surface area contributed by atoms with E-state index in [9.17, 15) is 4.79 Å². The van der Waals surface area contributed by atoms with E-state index in [-0.39, 0.29) is 5.69 Å². The van der Waals surface area contributed by atoms with Crippen molar-refractivity contribution >= 4 is 5.97 Å². The van der Waals surface area contributed by atoms with Crippen molar-refractivity contribution < 1.29 is 9.90 Å². The first-order valence-electron chi connectivity index (χ1n) is 4.37. The summed E-state index contributed by atoms with van der Waals surface area (Å²) in [6.07, 6.45) is 4.54. The lowest BCUT2D eigenvalue weighted by Gasteiger charge is -2.00. The molecule has 76 valence electrons. The number of hydrogen-bond acceptors (Lipinski definition) is 3. The molecule has 0 aliphatic carbocycles. The maximum absolute atomic E-state index is 10.6. The predicted octanol–water partition coefficient (Wildman–Crippen LogP) is 1.27. The van der Waals surface area contributed by atoms with E-state index in [0.717, 1.165) is 5.56 Å². The Morgan fingerprint density at radius 3 is 2.87 bits per heavy atom. The van der Waals surface area contributed by atoms with Gasteiger partial charge in [0.1, 0.15) is 12.1 Å². The smallest absolute Gasteiger partial charge is 0.356 e. The van der Waals surface area contributed by atoms with Crippen molar-refractivity contribution in [2.45, 2.75) is 6.92 Å². The van der Waals surface area contributed by atoms with Gasteiger partial charge in [0, 0.05) is 12.4 Å². The van der Waals surface area contributed by atoms with E-state index in [0.29, 0.717) is 5.82 Å². The van der Waals surface area contributed by atoms with Crippen molar-refractivity contribution in [1.82, 2.24) is 14.5 Å². The molecule has 0 aromatic carbocycles. The Morgan fingerprint density at radius 2 is 2.27 bits per heavy atom. The van der Waals surface area contributed by atoms with E-state index in [1.54, 1.807) is 10.8 Å². The standard InChI is InChI=1S/C10H9N3O2/c1-7-2-3-11-9(4-7)13-5-8(10(14)15)12-6-13/h2-6H,1H3,(H,14,15). The van der Waals surface area contributed by atoms with Gasteiger partial charge in [-0.25, -0.2) is 14.8 Å². The average molecular weight is 203 g/mol. The Bertz CT molecular complexity index is 505. The molecule has 5 heteroatoms. The van der Waals surface area contributed by atoms with Crippen LogP contribution in [0.3, 0.4) is 0 Å². The summed E-state index contributed by atoms with van der Waals surface area (Å²) >= 11 is 0. The second-order valence-corrected chi connectivity index (χ2v) is 3.16. The fraction of sp³-hybridized carbons (Fsp3) is 0.100. The monoisotopic (exact) mass is 203 g/mol. The van der Waals surface area contributed by atoms with Gasteiger partial charge < -0.3 is 5.11 Å². The van der Waals surface area contributed by atoms with Crippen molar-refractivity contribution in [1.29, 1.82) is 0 Å². The molecule has 0 aliphatic rings. The molecule has 0 saturated carbocycles. The molecule has 15 heavy (non-hydrogen) atoms. The lowest BCUT2D eigenvalue weighted by Crippen LogP contribution is -1.97. The van der Waals surface area contributed by atoms with Crippen LogP contribution in [0.5, 0.6) is 0 Å². The Morgan fingerprint density at radius 1 is 1.47 bits per heavy atom. The molecule has 5 nitrogen and oxygen atoms in total. The van der Waals surface area contributed by atoms with Crippen molar-refractivity contribution in [3.05, 3.63) is 42.1 Å². The second-order valence-electron chi connectivity index (χ2n) is 3.16. The molecule has 1 N–H and O–H groups in total. The second kappa shape index (κ2) is 3.53. The quantitative estimate of drug-likeness (QED) is 0.798. The Hall–Kier alpha value is -2.17. The highest BCUT2D eigenvalue weighted by molar-refractivity contribution is 5.85. The van der Waals surface area contributed by atoms with Crippen molar-refractivity contribution in [3.63, 3.8) is 0 Å². The maximum atomic E-state index is 10.6. The number of imidazole rings is 1. The molecule has 2 aromatic heterocycles. The molecule has 2 heterocycles. The maximum Gasteiger partial charge on any atom is 0.356 e. The van der Waals surface area contributed by atoms with Crippen molar-refractivity contribution in [2.24, 2.45) is 0 Å². The van der Waals surface area contributed by atoms with Crippen LogP contribution in [0.1, 0.15) is 16.1 Å². The SMILES string of the molecule is Cc1ccnc(-n2cnc(C(=O)O)c2)c1. The van der Waals surface area contributed by atoms with Gasteiger partial charge in [0.2, 0.25) is 0 Å². The molecule has 0 atom stereocenters. The van der Waals surface area contributed by atoms with Crippen LogP contribution < -0.4 is 0 Å². The fourth-order valence-electron chi connectivity index (χ4n) is 1.22. The molecule has 0 amide bonds. The first-order chi connectivity index (χ1) is 7.16. The summed E-state index contributed by atoms with van der Waals surface area (Å²) in [6.45, 7) is 1.94. The number of carboxylic acids is 1. The summed E-state index contributed by atoms with van der Waals surface area (Å²) in [5.74, 6) is -0.378. The van der Waals surface area contributed by atoms with E-state index in [2.05, 4.69) is 9.97 Å². The van der Waals surface area contributed by atoms with Crippen LogP contribution in [-0.4, -0.2) is 25.6 Å². The number of carboxylic acid groups (broad SMARTS) is 1. The Balaban J connectivity index is 2.41. The number of aromatic nitrogens is 3. The van der Waals surface area contributed by atoms with E-state index < -0.39 is 5.97 Å². The van der Waals surface area contributed by atoms with Crippen LogP contribution in [0, 0.1) is 6.92 Å². The number of aromatic carboxylic acids is 1. The molecular weight excluding hydrogens is 194 g/mol. The van der Waals surface area contributed by atoms with Gasteiger partial charge in [-0.2, -0.15) is 0 Å². The van der Waals surface area contributed by atoms with Gasteiger partial charge in [0.25, 0.3) is 0 Å². The molecule has 0 radical (unpaired) electrons. The normalized spacial score (nSPS) is 10.2. The molecule has 0 aliphatic heterocycles. The summed E-state index contributed by atoms with van der Waals surface area (Å²) in [6, 6.07) is 3.73. The molecule has 0 unspecified atom stereocenters. The summed E-state index contributed by atoms with van der Waals surface area (Å²) in [5, 5.41) is 8.70. The topological polar surface area (TPSA) is 68.0 Å². The number of aryl methyl sites for hydroxylation is 1. The van der Waals surface area contributed by atoms with Gasteiger partial charge in [-0.3, -0.25) is 4.57 Å². The molecule has 2 aromatic rings. The van der Waals surface area contributed by atoms with Crippen LogP contribution >= 0.6 is 0 Å². The Labute approximate surface area is 86.0 Å². The van der Waals surface area contributed by atoms with Crippen molar-refractivity contribution in [3.8, 4) is 5.82 Å². The first kappa shape index (κ1) is 9.39. The zero-order valence-electron chi connectivity index (χ0n) is 8.08. The Kier molecular flexibility index (Phi) is 2.21. The molecule has 0 saturated heterocycles. The third-order valence-electron chi connectivity index (χ3n) is 1.97. The highest BCUT2D eigenvalue weighted by atomic mass is 16.4. The summed E-state index contributed by atoms with van der Waals surface area (Å²) in [4.78, 5) is 18.5. The zero-order chi connectivity index (χ0) is 10.8. The lowest BCUT2D eigenvalue weighted by atomic mass is 10.3. The van der Waals surface area contributed by atoms with Gasteiger partial charge in [0.15, 0.2) is 5.69 Å². The van der Waals surface area contributed by atoms with Gasteiger partial charge in [-0.05, 0) is 24.6 Å². The highest BCUT2D eigenvalue weighted by Crippen LogP contribution is 2.07. The van der Waals surface area contributed by atoms with E-state index in [1.807, 2.05) is 19.1 Å². The van der Waals surface area contributed by atoms with Gasteiger partial charge in [-0.15, -0.1) is 0 Å². The number of pyridine rings is 1. The van der Waals surface area contributed by atoms with Gasteiger partial charge in [-0.1, -0.05) is 0 Å². The third kappa shape index (κ3) is 1.85. The van der Waals surface area contributed by atoms with Crippen LogP contribution in [-0.2, 0) is 0 Å². The van der Waals surface area contributed by atoms with Crippen LogP contribution in [0.15, 0.2) is 30.9 Å². The molecule has 0 spiro atoms. The third-order valence-corrected chi connectivity index (χ3v) is 1.97. The summed E-state index contributed by atoms with van der Waals surface area (Å²) < 4.78 is 1.58. The van der Waals surface area contributed by atoms with E-state index >= 15 is 0 Å². The number of nitrogens with zero attached hydrogens (tertiary/aromatic N) is 3. The summed E-state index contributed by atoms with van der Waals surface area (Å²) in [7, 11) is 0. The van der Waals surface area contributed by atoms with Crippen LogP contribution in [0.25, 0.3) is 5.82 Å². The molecule has 2 rings (SSSR count). The number of rotatable bonds is 2. The highest BCUT2D eigenvalue weighted by Gasteiger charge is 2.07. The van der Waals surface area contributed by atoms with Crippen LogP contribution in [0.2, 0.25) is 0 Å². The van der Waals surface area contributed by atoms with Crippen LogP contribution in [0.4, 0.5) is 0 Å². The predicted molar refractivity (Wildman–Crippen MR) is 53.1 cm³/mol. The minimum atomic E-state index is -1.04. The van der Waals surface area contributed by atoms with Gasteiger partial charge >= 0.3 is 5.97 Å². The van der Waals surface area contributed by atoms with E-state index in [1.165, 1.54) is 12.5 Å². The largest absolute Gasteiger partial charge is 0.476 e. The zero-order valence-corrected chi connectivity index (χ0v) is 8.08. The first-order valence-corrected chi connectivity index (χ1v) is 4.37. The van der Waals surface area contributed by atoms with Crippen molar-refractivity contribution in [2.75, 3.05) is 0 Å². The fourth-order valence-corrected chi connectivity index (χ4v) is 1.22. The average Bonchev–Trinajstić information content (AvgIpc) is 2.66. The lowest BCUT2D eigenvalue weighted by molar-refractivity contribution is 0.0691. The molecule has 0 fully saturated rings. The molecular formula is C10H9N3O2. The number of carbonyl (C=O) groups is 1. The van der Waals surface area contributed by atoms with E-state index in [4.69, 9.17) is 5.11 Å². The summed E-state index contributed by atoms with van der Waals surface area (Å²) in [5.41, 5.74) is 1.07. The minimum absolute atomic E-state index is 0.0123. The van der Waals surface area contributed by atoms with Gasteiger partial charge in [0.05, 0.1) is 0 Å².